The molecule has 9 heteroatoms. The molecule has 0 unspecified atom stereocenters. The van der Waals surface area contributed by atoms with Gasteiger partial charge in [0.2, 0.25) is 15.9 Å². The van der Waals surface area contributed by atoms with Crippen molar-refractivity contribution in [3.8, 4) is 0 Å². The number of benzene rings is 2. The topological polar surface area (TPSA) is 92.5 Å². The van der Waals surface area contributed by atoms with Crippen LogP contribution in [0.2, 0.25) is 10.0 Å². The Hall–Kier alpha value is -1.64. The number of nitrogens with zero attached hydrogens (tertiary/aromatic N) is 1. The van der Waals surface area contributed by atoms with E-state index in [4.69, 9.17) is 29.0 Å². The molecule has 24 heavy (non-hydrogen) atoms. The first-order valence-electron chi connectivity index (χ1n) is 6.82. The van der Waals surface area contributed by atoms with Crippen LogP contribution in [0.1, 0.15) is 5.56 Å². The summed E-state index contributed by atoms with van der Waals surface area (Å²) < 4.78 is 26.6. The zero-order valence-corrected chi connectivity index (χ0v) is 14.8. The number of carbonyl (C=O) groups is 1. The number of nitrogens with two attached hydrogens (primary N) is 1. The molecule has 0 aliphatic carbocycles. The molecule has 0 fully saturated rings. The van der Waals surface area contributed by atoms with Gasteiger partial charge in [-0.2, -0.15) is 4.31 Å². The quantitative estimate of drug-likeness (QED) is 0.451. The Morgan fingerprint density at radius 1 is 1.08 bits per heavy atom. The van der Waals surface area contributed by atoms with Crippen LogP contribution in [0.5, 0.6) is 0 Å². The number of carbonyl (C=O) groups excluding carboxylic acids is 1. The van der Waals surface area contributed by atoms with Gasteiger partial charge in [-0.1, -0.05) is 35.3 Å². The van der Waals surface area contributed by atoms with E-state index in [1.54, 1.807) is 24.3 Å². The lowest BCUT2D eigenvalue weighted by Gasteiger charge is -2.21. The van der Waals surface area contributed by atoms with E-state index in [1.165, 1.54) is 24.3 Å². The van der Waals surface area contributed by atoms with Crippen LogP contribution in [-0.4, -0.2) is 25.2 Å². The monoisotopic (exact) mass is 387 g/mol. The number of sulfonamides is 1. The first kappa shape index (κ1) is 18.7. The molecule has 0 heterocycles. The molecular weight excluding hydrogens is 373 g/mol. The highest BCUT2D eigenvalue weighted by atomic mass is 35.5. The van der Waals surface area contributed by atoms with E-state index in [1.807, 2.05) is 5.43 Å². The molecule has 0 aliphatic heterocycles. The fraction of sp³-hybridized carbons (Fsp3) is 0.133. The first-order valence-corrected chi connectivity index (χ1v) is 9.02. The second kappa shape index (κ2) is 7.96. The lowest BCUT2D eigenvalue weighted by atomic mass is 10.2. The van der Waals surface area contributed by atoms with E-state index in [-0.39, 0.29) is 11.4 Å². The Bertz CT molecular complexity index is 826. The van der Waals surface area contributed by atoms with E-state index >= 15 is 0 Å². The number of hydrazine groups is 1. The third kappa shape index (κ3) is 4.68. The summed E-state index contributed by atoms with van der Waals surface area (Å²) in [5.74, 6) is 4.45. The van der Waals surface area contributed by atoms with Crippen molar-refractivity contribution in [1.29, 1.82) is 0 Å². The van der Waals surface area contributed by atoms with E-state index in [0.717, 1.165) is 4.31 Å². The maximum Gasteiger partial charge on any atom is 0.249 e. The molecule has 2 aromatic rings. The predicted molar refractivity (Wildman–Crippen MR) is 92.8 cm³/mol. The summed E-state index contributed by atoms with van der Waals surface area (Å²) >= 11 is 11.7. The van der Waals surface area contributed by atoms with Crippen LogP contribution in [-0.2, 0) is 21.4 Å². The van der Waals surface area contributed by atoms with Gasteiger partial charge in [0.1, 0.15) is 0 Å². The summed E-state index contributed by atoms with van der Waals surface area (Å²) in [4.78, 5) is 11.6. The van der Waals surface area contributed by atoms with Crippen LogP contribution >= 0.6 is 23.2 Å². The van der Waals surface area contributed by atoms with Crippen molar-refractivity contribution in [2.45, 2.75) is 11.4 Å². The van der Waals surface area contributed by atoms with E-state index in [0.29, 0.717) is 15.6 Å². The largest absolute Gasteiger partial charge is 0.293 e. The minimum Gasteiger partial charge on any atom is -0.293 e. The molecule has 2 aromatic carbocycles. The van der Waals surface area contributed by atoms with Gasteiger partial charge in [-0.25, -0.2) is 14.3 Å². The van der Waals surface area contributed by atoms with Gasteiger partial charge in [0, 0.05) is 16.6 Å². The first-order chi connectivity index (χ1) is 11.3. The summed E-state index contributed by atoms with van der Waals surface area (Å²) in [7, 11) is -3.92. The molecule has 0 spiro atoms. The smallest absolute Gasteiger partial charge is 0.249 e. The molecular formula is C15H15Cl2N3O3S. The van der Waals surface area contributed by atoms with Crippen LogP contribution in [0, 0.1) is 0 Å². The number of hydrogen-bond acceptors (Lipinski definition) is 4. The maximum absolute atomic E-state index is 12.8. The molecule has 0 aliphatic rings. The molecule has 2 rings (SSSR count). The summed E-state index contributed by atoms with van der Waals surface area (Å²) in [6.07, 6.45) is 0. The van der Waals surface area contributed by atoms with Gasteiger partial charge in [-0.05, 0) is 42.0 Å². The van der Waals surface area contributed by atoms with Crippen LogP contribution in [0.25, 0.3) is 0 Å². The summed E-state index contributed by atoms with van der Waals surface area (Å²) in [5.41, 5.74) is 2.58. The van der Waals surface area contributed by atoms with Crippen molar-refractivity contribution >= 4 is 39.1 Å². The molecule has 0 bridgehead atoms. The molecule has 6 nitrogen and oxygen atoms in total. The van der Waals surface area contributed by atoms with E-state index in [2.05, 4.69) is 0 Å². The standard InChI is InChI=1S/C15H15Cl2N3O3S/c16-12-4-6-14(7-5-12)24(22,23)20(10-15(21)19-18)9-11-2-1-3-13(17)8-11/h1-8H,9-10,18H2,(H,19,21). The van der Waals surface area contributed by atoms with Crippen LogP contribution in [0.4, 0.5) is 0 Å². The van der Waals surface area contributed by atoms with E-state index < -0.39 is 22.5 Å². The third-order valence-electron chi connectivity index (χ3n) is 3.18. The number of halogens is 2. The van der Waals surface area contributed by atoms with Gasteiger partial charge in [0.15, 0.2) is 0 Å². The number of nitrogens with one attached hydrogen (secondary N) is 1. The van der Waals surface area contributed by atoms with Gasteiger partial charge in [-0.3, -0.25) is 10.2 Å². The lowest BCUT2D eigenvalue weighted by molar-refractivity contribution is -0.121. The van der Waals surface area contributed by atoms with Crippen molar-refractivity contribution in [3.05, 3.63) is 64.1 Å². The van der Waals surface area contributed by atoms with Crippen molar-refractivity contribution in [2.75, 3.05) is 6.54 Å². The molecule has 0 radical (unpaired) electrons. The highest BCUT2D eigenvalue weighted by molar-refractivity contribution is 7.89. The Balaban J connectivity index is 2.37. The van der Waals surface area contributed by atoms with Crippen LogP contribution in [0.15, 0.2) is 53.4 Å². The lowest BCUT2D eigenvalue weighted by Crippen LogP contribution is -2.42. The van der Waals surface area contributed by atoms with Crippen molar-refractivity contribution in [1.82, 2.24) is 9.73 Å². The minimum absolute atomic E-state index is 0.0266. The Morgan fingerprint density at radius 2 is 1.75 bits per heavy atom. The fourth-order valence-corrected chi connectivity index (χ4v) is 3.75. The average Bonchev–Trinajstić information content (AvgIpc) is 2.54. The normalized spacial score (nSPS) is 11.5. The summed E-state index contributed by atoms with van der Waals surface area (Å²) in [6.45, 7) is -0.451. The van der Waals surface area contributed by atoms with Gasteiger partial charge in [0.25, 0.3) is 0 Å². The van der Waals surface area contributed by atoms with Crippen LogP contribution in [0.3, 0.4) is 0 Å². The molecule has 128 valence electrons. The Morgan fingerprint density at radius 3 is 2.33 bits per heavy atom. The van der Waals surface area contributed by atoms with Crippen molar-refractivity contribution in [3.63, 3.8) is 0 Å². The number of amides is 1. The molecule has 3 N–H and O–H groups in total. The summed E-state index contributed by atoms with van der Waals surface area (Å²) in [6, 6.07) is 12.4. The SMILES string of the molecule is NNC(=O)CN(Cc1cccc(Cl)c1)S(=O)(=O)c1ccc(Cl)cc1. The average molecular weight is 388 g/mol. The van der Waals surface area contributed by atoms with Crippen molar-refractivity contribution in [2.24, 2.45) is 5.84 Å². The number of rotatable bonds is 6. The van der Waals surface area contributed by atoms with Gasteiger partial charge < -0.3 is 0 Å². The maximum atomic E-state index is 12.8. The van der Waals surface area contributed by atoms with Crippen LogP contribution < -0.4 is 11.3 Å². The molecule has 1 amide bonds. The second-order valence-electron chi connectivity index (χ2n) is 4.92. The molecule has 0 saturated heterocycles. The Kier molecular flexibility index (Phi) is 6.20. The van der Waals surface area contributed by atoms with Gasteiger partial charge in [-0.15, -0.1) is 0 Å². The minimum atomic E-state index is -3.92. The Labute approximate surface area is 150 Å². The second-order valence-corrected chi connectivity index (χ2v) is 7.74. The summed E-state index contributed by atoms with van der Waals surface area (Å²) in [5, 5.41) is 0.884. The highest BCUT2D eigenvalue weighted by Gasteiger charge is 2.26. The predicted octanol–water partition coefficient (Wildman–Crippen LogP) is 2.17. The molecule has 0 aromatic heterocycles. The highest BCUT2D eigenvalue weighted by Crippen LogP contribution is 2.21. The molecule has 0 saturated carbocycles. The van der Waals surface area contributed by atoms with Gasteiger partial charge >= 0.3 is 0 Å². The van der Waals surface area contributed by atoms with Gasteiger partial charge in [0.05, 0.1) is 11.4 Å². The fourth-order valence-electron chi connectivity index (χ4n) is 2.03. The van der Waals surface area contributed by atoms with E-state index in [9.17, 15) is 13.2 Å². The third-order valence-corrected chi connectivity index (χ3v) is 5.47. The zero-order valence-electron chi connectivity index (χ0n) is 12.4. The molecule has 0 atom stereocenters. The number of hydrogen-bond donors (Lipinski definition) is 2. The van der Waals surface area contributed by atoms with Crippen molar-refractivity contribution < 1.29 is 13.2 Å². The zero-order chi connectivity index (χ0) is 17.7.